The maximum absolute atomic E-state index is 15.0. The third kappa shape index (κ3) is 5.38. The molecule has 1 aromatic heterocycles. The lowest BCUT2D eigenvalue weighted by atomic mass is 9.81. The molecule has 4 atom stereocenters. The van der Waals surface area contributed by atoms with Crippen molar-refractivity contribution in [2.75, 3.05) is 26.7 Å². The maximum Gasteiger partial charge on any atom is 0.263 e. The van der Waals surface area contributed by atoms with Crippen molar-refractivity contribution in [1.82, 2.24) is 24.6 Å². The fourth-order valence-corrected chi connectivity index (χ4v) is 9.67. The molecule has 2 amide bonds. The number of benzene rings is 1. The van der Waals surface area contributed by atoms with E-state index in [2.05, 4.69) is 42.6 Å². The third-order valence-corrected chi connectivity index (χ3v) is 12.5. The second-order valence-electron chi connectivity index (χ2n) is 14.1. The van der Waals surface area contributed by atoms with Crippen molar-refractivity contribution >= 4 is 51.9 Å². The lowest BCUT2D eigenvalue weighted by Gasteiger charge is -2.42. The van der Waals surface area contributed by atoms with Crippen LogP contribution in [0.5, 0.6) is 0 Å². The first kappa shape index (κ1) is 32.9. The largest absolute Gasteiger partial charge is 0.338 e. The van der Waals surface area contributed by atoms with Crippen LogP contribution in [0.1, 0.15) is 77.0 Å². The van der Waals surface area contributed by atoms with Gasteiger partial charge in [-0.15, -0.1) is 0 Å². The number of hydrogen-bond acceptors (Lipinski definition) is 7. The van der Waals surface area contributed by atoms with Crippen LogP contribution < -0.4 is 0 Å². The number of amidine groups is 1. The van der Waals surface area contributed by atoms with Gasteiger partial charge in [0, 0.05) is 48.7 Å². The van der Waals surface area contributed by atoms with Crippen LogP contribution in [-0.4, -0.2) is 85.9 Å². The second-order valence-corrected chi connectivity index (χ2v) is 15.9. The van der Waals surface area contributed by atoms with Crippen LogP contribution in [0.15, 0.2) is 52.1 Å². The zero-order chi connectivity index (χ0) is 33.4. The molecule has 1 saturated carbocycles. The van der Waals surface area contributed by atoms with Gasteiger partial charge in [0.05, 0.1) is 11.1 Å². The van der Waals surface area contributed by atoms with Gasteiger partial charge in [0.15, 0.2) is 5.17 Å². The number of pyridine rings is 1. The number of carbonyl (C=O) groups is 2. The van der Waals surface area contributed by atoms with Gasteiger partial charge >= 0.3 is 0 Å². The fourth-order valence-electron chi connectivity index (χ4n) is 8.09. The molecule has 0 radical (unpaired) electrons. The number of thioether (sulfide) groups is 1. The summed E-state index contributed by atoms with van der Waals surface area (Å²) < 4.78 is 15.0. The zero-order valence-corrected chi connectivity index (χ0v) is 29.8. The molecule has 1 spiro atoms. The van der Waals surface area contributed by atoms with Crippen molar-refractivity contribution in [3.8, 4) is 0 Å². The van der Waals surface area contributed by atoms with E-state index < -0.39 is 23.4 Å². The van der Waals surface area contributed by atoms with Crippen LogP contribution in [0.3, 0.4) is 0 Å². The number of allylic oxidation sites excluding steroid dienone is 1. The molecule has 7 rings (SSSR count). The molecule has 5 aliphatic rings. The molecule has 1 aromatic carbocycles. The van der Waals surface area contributed by atoms with Gasteiger partial charge in [0.25, 0.3) is 5.91 Å². The van der Waals surface area contributed by atoms with Crippen LogP contribution in [-0.2, 0) is 15.1 Å². The Balaban J connectivity index is 1.27. The van der Waals surface area contributed by atoms with E-state index >= 15 is 4.39 Å². The first-order valence-corrected chi connectivity index (χ1v) is 18.2. The monoisotopic (exact) mass is 698 g/mol. The molecular weight excluding hydrogens is 658 g/mol. The van der Waals surface area contributed by atoms with Crippen LogP contribution in [0.2, 0.25) is 10.2 Å². The van der Waals surface area contributed by atoms with Crippen molar-refractivity contribution in [3.63, 3.8) is 0 Å². The maximum atomic E-state index is 15.0. The summed E-state index contributed by atoms with van der Waals surface area (Å²) in [6, 6.07) is 7.47. The average Bonchev–Trinajstić information content (AvgIpc) is 3.39. The number of amides is 2. The quantitative estimate of drug-likeness (QED) is 0.308. The Bertz CT molecular complexity index is 1680. The van der Waals surface area contributed by atoms with E-state index in [0.29, 0.717) is 33.8 Å². The Morgan fingerprint density at radius 2 is 1.89 bits per heavy atom. The topological polar surface area (TPSA) is 72.4 Å². The Hall–Kier alpha value is -2.66. The number of fused-ring (bicyclic) bond motifs is 1. The summed E-state index contributed by atoms with van der Waals surface area (Å²) >= 11 is 13.6. The van der Waals surface area contributed by atoms with Gasteiger partial charge in [-0.1, -0.05) is 56.1 Å². The molecule has 0 unspecified atom stereocenters. The number of likely N-dealkylation sites (N-methyl/N-ethyl adjacent to an activating group) is 1. The van der Waals surface area contributed by atoms with E-state index in [1.54, 1.807) is 18.3 Å². The summed E-state index contributed by atoms with van der Waals surface area (Å²) in [5.41, 5.74) is 1.56. The molecule has 5 heterocycles. The van der Waals surface area contributed by atoms with Crippen LogP contribution in [0.4, 0.5) is 4.39 Å². The first-order chi connectivity index (χ1) is 22.4. The molecule has 3 fully saturated rings. The Morgan fingerprint density at radius 3 is 2.53 bits per heavy atom. The zero-order valence-electron chi connectivity index (χ0n) is 27.5. The average molecular weight is 700 g/mol. The lowest BCUT2D eigenvalue weighted by Crippen LogP contribution is -2.59. The highest BCUT2D eigenvalue weighted by Crippen LogP contribution is 2.56. The molecule has 0 bridgehead atoms. The summed E-state index contributed by atoms with van der Waals surface area (Å²) in [4.78, 5) is 47.6. The van der Waals surface area contributed by atoms with E-state index in [-0.39, 0.29) is 34.3 Å². The van der Waals surface area contributed by atoms with Gasteiger partial charge in [0.1, 0.15) is 27.5 Å². The first-order valence-electron chi connectivity index (χ1n) is 16.6. The van der Waals surface area contributed by atoms with Crippen molar-refractivity contribution in [2.45, 2.75) is 89.0 Å². The highest BCUT2D eigenvalue weighted by molar-refractivity contribution is 8.18. The van der Waals surface area contributed by atoms with E-state index in [1.807, 2.05) is 28.9 Å². The van der Waals surface area contributed by atoms with E-state index in [1.165, 1.54) is 17.8 Å². The van der Waals surface area contributed by atoms with Crippen LogP contribution in [0.25, 0.3) is 0 Å². The summed E-state index contributed by atoms with van der Waals surface area (Å²) in [6.45, 7) is 10.5. The summed E-state index contributed by atoms with van der Waals surface area (Å²) in [5.74, 6) is -0.639. The molecule has 2 saturated heterocycles. The number of aliphatic imine (C=N–C) groups is 1. The van der Waals surface area contributed by atoms with Crippen molar-refractivity contribution in [1.29, 1.82) is 0 Å². The van der Waals surface area contributed by atoms with E-state index in [9.17, 15) is 9.59 Å². The van der Waals surface area contributed by atoms with Crippen molar-refractivity contribution < 1.29 is 14.0 Å². The minimum absolute atomic E-state index is 0.0238. The molecule has 4 aliphatic heterocycles. The number of aromatic nitrogens is 1. The normalized spacial score (nSPS) is 28.5. The van der Waals surface area contributed by atoms with Crippen LogP contribution in [0, 0.1) is 11.7 Å². The van der Waals surface area contributed by atoms with Gasteiger partial charge in [0.2, 0.25) is 5.91 Å². The van der Waals surface area contributed by atoms with Crippen LogP contribution >= 0.6 is 35.0 Å². The number of piperazine rings is 1. The Kier molecular flexibility index (Phi) is 8.42. The number of hydrogen-bond donors (Lipinski definition) is 0. The standard InChI is InChI=1S/C35H41Cl2FN6O2S/c1-6-23-9-11-26(31(45)42-16-15-41(5)35(19-42)13-14-35)43(23)32(46)29-28(20(2)3)44-30(21-7-10-24(36)25(38)17-21)34(4,40-33(44)47-29)22-8-12-27(37)39-18-22/h7-8,10,12,17-18,20,23,26,30H,6,9,11,13-16,19H2,1-5H3/t23-,26-,30-,34+/m1/s1. The number of halogens is 3. The molecule has 0 N–H and O–H groups in total. The molecule has 2 aromatic rings. The Morgan fingerprint density at radius 1 is 1.13 bits per heavy atom. The summed E-state index contributed by atoms with van der Waals surface area (Å²) in [6.07, 6.45) is 6.17. The SMILES string of the molecule is CC[C@@H]1CC[C@H](C(=O)N2CCN(C)C3(CC3)C2)N1C(=O)C1=C(C(C)C)N2C(=N[C@@](C)(c3ccc(Cl)nc3)[C@H]2c2ccc(Cl)c(F)c2)S1. The predicted molar refractivity (Wildman–Crippen MR) is 185 cm³/mol. The predicted octanol–water partition coefficient (Wildman–Crippen LogP) is 6.85. The minimum Gasteiger partial charge on any atom is -0.338 e. The molecule has 47 heavy (non-hydrogen) atoms. The molecular formula is C35H41Cl2FN6O2S. The number of nitrogens with zero attached hydrogens (tertiary/aromatic N) is 6. The summed E-state index contributed by atoms with van der Waals surface area (Å²) in [5, 5.41) is 1.07. The molecule has 8 nitrogen and oxygen atoms in total. The molecule has 1 aliphatic carbocycles. The third-order valence-electron chi connectivity index (χ3n) is 11.0. The van der Waals surface area contributed by atoms with Gasteiger partial charge in [-0.25, -0.2) is 14.4 Å². The Labute approximate surface area is 290 Å². The lowest BCUT2D eigenvalue weighted by molar-refractivity contribution is -0.145. The van der Waals surface area contributed by atoms with Crippen molar-refractivity contribution in [3.05, 3.63) is 74.3 Å². The van der Waals surface area contributed by atoms with Gasteiger partial charge in [-0.2, -0.15) is 0 Å². The van der Waals surface area contributed by atoms with Gasteiger partial charge in [-0.05, 0) is 87.5 Å². The highest BCUT2D eigenvalue weighted by Gasteiger charge is 2.56. The van der Waals surface area contributed by atoms with Gasteiger partial charge < -0.3 is 14.7 Å². The second kappa shape index (κ2) is 12.0. The molecule has 12 heteroatoms. The summed E-state index contributed by atoms with van der Waals surface area (Å²) in [7, 11) is 2.15. The van der Waals surface area contributed by atoms with E-state index in [4.69, 9.17) is 28.2 Å². The smallest absolute Gasteiger partial charge is 0.263 e. The number of carbonyl (C=O) groups excluding carboxylic acids is 2. The molecule has 250 valence electrons. The van der Waals surface area contributed by atoms with E-state index in [0.717, 1.165) is 50.0 Å². The van der Waals surface area contributed by atoms with Gasteiger partial charge in [-0.3, -0.25) is 14.5 Å². The highest BCUT2D eigenvalue weighted by atomic mass is 35.5. The van der Waals surface area contributed by atoms with Crippen molar-refractivity contribution in [2.24, 2.45) is 10.9 Å². The number of rotatable bonds is 6. The minimum atomic E-state index is -0.868. The number of likely N-dealkylation sites (tertiary alicyclic amines) is 1. The fraction of sp³-hybridized carbons (Fsp3) is 0.543.